The zero-order valence-corrected chi connectivity index (χ0v) is 12.3. The predicted molar refractivity (Wildman–Crippen MR) is 77.0 cm³/mol. The van der Waals surface area contributed by atoms with E-state index < -0.39 is 0 Å². The molecule has 0 aromatic carbocycles. The Kier molecular flexibility index (Phi) is 3.51. The maximum atomic E-state index is 5.19. The molecule has 0 fully saturated rings. The van der Waals surface area contributed by atoms with Crippen LogP contribution in [-0.4, -0.2) is 36.4 Å². The van der Waals surface area contributed by atoms with Crippen molar-refractivity contribution in [1.29, 1.82) is 0 Å². The number of aromatic nitrogens is 6. The van der Waals surface area contributed by atoms with Crippen molar-refractivity contribution in [2.45, 2.75) is 33.7 Å². The minimum atomic E-state index is 0.513. The van der Waals surface area contributed by atoms with E-state index in [0.717, 1.165) is 35.7 Å². The van der Waals surface area contributed by atoms with E-state index >= 15 is 0 Å². The van der Waals surface area contributed by atoms with Gasteiger partial charge in [-0.1, -0.05) is 5.16 Å². The summed E-state index contributed by atoms with van der Waals surface area (Å²) in [5.74, 6) is 2.35. The Hall–Kier alpha value is -2.51. The topological polar surface area (TPSA) is 94.6 Å². The third-order valence-corrected chi connectivity index (χ3v) is 3.30. The molecule has 0 aliphatic carbocycles. The lowest BCUT2D eigenvalue weighted by Crippen LogP contribution is -2.11. The molecule has 3 heterocycles. The maximum absolute atomic E-state index is 5.19. The largest absolute Gasteiger partial charge is 0.369 e. The smallest absolute Gasteiger partial charge is 0.263 e. The van der Waals surface area contributed by atoms with Gasteiger partial charge in [-0.15, -0.1) is 10.2 Å². The molecule has 21 heavy (non-hydrogen) atoms. The second-order valence-corrected chi connectivity index (χ2v) is 4.78. The summed E-state index contributed by atoms with van der Waals surface area (Å²) in [5.41, 5.74) is 1.29. The maximum Gasteiger partial charge on any atom is 0.263 e. The van der Waals surface area contributed by atoms with Gasteiger partial charge in [0.05, 0.1) is 5.69 Å². The van der Waals surface area contributed by atoms with E-state index in [4.69, 9.17) is 4.52 Å². The van der Waals surface area contributed by atoms with Crippen molar-refractivity contribution in [2.75, 3.05) is 11.9 Å². The predicted octanol–water partition coefficient (Wildman–Crippen LogP) is 1.50. The highest BCUT2D eigenvalue weighted by Crippen LogP contribution is 2.23. The van der Waals surface area contributed by atoms with Crippen LogP contribution in [0.3, 0.4) is 0 Å². The van der Waals surface area contributed by atoms with Gasteiger partial charge in [-0.25, -0.2) is 4.98 Å². The van der Waals surface area contributed by atoms with Crippen LogP contribution in [0.5, 0.6) is 0 Å². The minimum absolute atomic E-state index is 0.513. The van der Waals surface area contributed by atoms with Crippen molar-refractivity contribution in [1.82, 2.24) is 29.9 Å². The fourth-order valence-electron chi connectivity index (χ4n) is 2.25. The number of rotatable bonds is 5. The van der Waals surface area contributed by atoms with E-state index in [9.17, 15) is 0 Å². The molecule has 8 nitrogen and oxygen atoms in total. The second kappa shape index (κ2) is 5.47. The molecule has 3 aromatic heterocycles. The lowest BCUT2D eigenvalue weighted by atomic mass is 10.3. The molecule has 3 rings (SSSR count). The Balaban J connectivity index is 1.77. The first-order chi connectivity index (χ1) is 10.2. The average molecular weight is 287 g/mol. The molecule has 0 aliphatic heterocycles. The van der Waals surface area contributed by atoms with Crippen LogP contribution in [0.4, 0.5) is 5.82 Å². The van der Waals surface area contributed by atoms with Gasteiger partial charge in [0, 0.05) is 19.5 Å². The van der Waals surface area contributed by atoms with Crippen molar-refractivity contribution in [3.8, 4) is 0 Å². The molecule has 3 aromatic rings. The van der Waals surface area contributed by atoms with Gasteiger partial charge in [0.15, 0.2) is 0 Å². The van der Waals surface area contributed by atoms with Crippen molar-refractivity contribution >= 4 is 16.9 Å². The minimum Gasteiger partial charge on any atom is -0.369 e. The first-order valence-corrected chi connectivity index (χ1v) is 6.90. The van der Waals surface area contributed by atoms with Gasteiger partial charge < -0.3 is 14.4 Å². The molecular formula is C13H17N7O. The summed E-state index contributed by atoms with van der Waals surface area (Å²) in [6.07, 6.45) is 2.51. The monoisotopic (exact) mass is 287 g/mol. The Labute approximate surface area is 121 Å². The van der Waals surface area contributed by atoms with E-state index in [2.05, 4.69) is 37.6 Å². The molecule has 0 atom stereocenters. The number of nitrogens with zero attached hydrogens (tertiary/aromatic N) is 6. The van der Waals surface area contributed by atoms with Crippen molar-refractivity contribution in [3.63, 3.8) is 0 Å². The van der Waals surface area contributed by atoms with E-state index in [1.165, 1.54) is 0 Å². The zero-order chi connectivity index (χ0) is 14.8. The summed E-state index contributed by atoms with van der Waals surface area (Å²) >= 11 is 0. The van der Waals surface area contributed by atoms with Crippen LogP contribution in [0.2, 0.25) is 0 Å². The number of aryl methyl sites for hydroxylation is 3. The van der Waals surface area contributed by atoms with Crippen molar-refractivity contribution < 1.29 is 4.52 Å². The molecule has 0 bridgehead atoms. The Morgan fingerprint density at radius 2 is 2.14 bits per heavy atom. The molecule has 110 valence electrons. The SMILES string of the molecule is CCn1cnnc1CCNc1nc(C)nc2onc(C)c12. The van der Waals surface area contributed by atoms with Crippen LogP contribution < -0.4 is 5.32 Å². The highest BCUT2D eigenvalue weighted by Gasteiger charge is 2.13. The van der Waals surface area contributed by atoms with Crippen LogP contribution in [0, 0.1) is 13.8 Å². The molecule has 0 saturated carbocycles. The highest BCUT2D eigenvalue weighted by molar-refractivity contribution is 5.87. The lowest BCUT2D eigenvalue weighted by Gasteiger charge is -2.07. The van der Waals surface area contributed by atoms with Crippen LogP contribution in [-0.2, 0) is 13.0 Å². The molecule has 0 aliphatic rings. The van der Waals surface area contributed by atoms with Gasteiger partial charge in [-0.3, -0.25) is 0 Å². The average Bonchev–Trinajstić information content (AvgIpc) is 3.05. The third kappa shape index (κ3) is 2.56. The van der Waals surface area contributed by atoms with E-state index in [-0.39, 0.29) is 0 Å². The molecule has 0 radical (unpaired) electrons. The zero-order valence-electron chi connectivity index (χ0n) is 12.3. The third-order valence-electron chi connectivity index (χ3n) is 3.30. The first kappa shape index (κ1) is 13.5. The van der Waals surface area contributed by atoms with Gasteiger partial charge in [0.2, 0.25) is 0 Å². The molecule has 8 heteroatoms. The summed E-state index contributed by atoms with van der Waals surface area (Å²) in [6.45, 7) is 7.34. The Morgan fingerprint density at radius 1 is 1.29 bits per heavy atom. The standard InChI is InChI=1S/C13H17N7O/c1-4-20-7-15-18-10(20)5-6-14-12-11-8(2)19-21-13(11)17-9(3)16-12/h7H,4-6H2,1-3H3,(H,14,16,17). The molecule has 1 N–H and O–H groups in total. The van der Waals surface area contributed by atoms with Gasteiger partial charge in [-0.05, 0) is 20.8 Å². The number of hydrogen-bond donors (Lipinski definition) is 1. The van der Waals surface area contributed by atoms with Gasteiger partial charge in [0.1, 0.15) is 29.2 Å². The number of fused-ring (bicyclic) bond motifs is 1. The lowest BCUT2D eigenvalue weighted by molar-refractivity contribution is 0.442. The van der Waals surface area contributed by atoms with Gasteiger partial charge >= 0.3 is 0 Å². The molecule has 0 unspecified atom stereocenters. The van der Waals surface area contributed by atoms with E-state index in [0.29, 0.717) is 18.1 Å². The number of nitrogens with one attached hydrogen (secondary N) is 1. The Morgan fingerprint density at radius 3 is 2.95 bits per heavy atom. The van der Waals surface area contributed by atoms with E-state index in [1.807, 2.05) is 18.4 Å². The van der Waals surface area contributed by atoms with Crippen molar-refractivity contribution in [2.24, 2.45) is 0 Å². The highest BCUT2D eigenvalue weighted by atomic mass is 16.5. The van der Waals surface area contributed by atoms with Crippen LogP contribution in [0.1, 0.15) is 24.3 Å². The summed E-state index contributed by atoms with van der Waals surface area (Å²) < 4.78 is 7.21. The molecule has 0 saturated heterocycles. The molecule has 0 spiro atoms. The Bertz CT molecular complexity index is 761. The summed E-state index contributed by atoms with van der Waals surface area (Å²) in [5, 5.41) is 16.1. The van der Waals surface area contributed by atoms with Crippen LogP contribution in [0.25, 0.3) is 11.1 Å². The van der Waals surface area contributed by atoms with E-state index in [1.54, 1.807) is 6.33 Å². The fraction of sp³-hybridized carbons (Fsp3) is 0.462. The molecular weight excluding hydrogens is 270 g/mol. The first-order valence-electron chi connectivity index (χ1n) is 6.90. The summed E-state index contributed by atoms with van der Waals surface area (Å²) in [6, 6.07) is 0. The fourth-order valence-corrected chi connectivity index (χ4v) is 2.25. The summed E-state index contributed by atoms with van der Waals surface area (Å²) in [4.78, 5) is 8.67. The number of anilines is 1. The number of hydrogen-bond acceptors (Lipinski definition) is 7. The van der Waals surface area contributed by atoms with Crippen LogP contribution >= 0.6 is 0 Å². The normalized spacial score (nSPS) is 11.2. The second-order valence-electron chi connectivity index (χ2n) is 4.78. The molecule has 0 amide bonds. The van der Waals surface area contributed by atoms with Gasteiger partial charge in [-0.2, -0.15) is 4.98 Å². The van der Waals surface area contributed by atoms with Crippen LogP contribution in [0.15, 0.2) is 10.9 Å². The van der Waals surface area contributed by atoms with Gasteiger partial charge in [0.25, 0.3) is 5.71 Å². The summed E-state index contributed by atoms with van der Waals surface area (Å²) in [7, 11) is 0. The quantitative estimate of drug-likeness (QED) is 0.759. The van der Waals surface area contributed by atoms with Crippen molar-refractivity contribution in [3.05, 3.63) is 23.7 Å².